The highest BCUT2D eigenvalue weighted by molar-refractivity contribution is 7.31. The van der Waals surface area contributed by atoms with Crippen molar-refractivity contribution >= 4 is 305 Å². The van der Waals surface area contributed by atoms with Gasteiger partial charge in [0.1, 0.15) is 59.4 Å². The van der Waals surface area contributed by atoms with Crippen LogP contribution in [-0.2, 0) is 37.1 Å². The Morgan fingerprint density at radius 2 is 0.578 bits per heavy atom. The average Bonchev–Trinajstić information content (AvgIpc) is 1.61. The molecule has 18 nitrogen and oxygen atoms in total. The van der Waals surface area contributed by atoms with E-state index in [9.17, 15) is 79.0 Å². The highest BCUT2D eigenvalue weighted by atomic mass is 32.1. The molecule has 0 spiro atoms. The predicted octanol–water partition coefficient (Wildman–Crippen LogP) is 37.4. The van der Waals surface area contributed by atoms with Gasteiger partial charge in [-0.3, -0.25) is 0 Å². The Labute approximate surface area is 851 Å². The maximum atomic E-state index is 13.0. The number of aromatic nitrogens is 9. The smallest absolute Gasteiger partial charge is 0.443 e. The van der Waals surface area contributed by atoms with Crippen molar-refractivity contribution in [3.63, 3.8) is 0 Å². The molecule has 0 unspecified atom stereocenters. The van der Waals surface area contributed by atoms with Gasteiger partial charge in [-0.25, -0.2) is 44.9 Å². The van der Waals surface area contributed by atoms with Gasteiger partial charge in [0.15, 0.2) is 92.0 Å². The summed E-state index contributed by atoms with van der Waals surface area (Å²) in [5.74, 6) is 1.10. The van der Waals surface area contributed by atoms with E-state index in [4.69, 9.17) is 35.3 Å². The van der Waals surface area contributed by atoms with E-state index in [1.54, 1.807) is 76.6 Å². The molecular weight excluding hydrogens is 2140 g/mol. The minimum absolute atomic E-state index is 0.165. The summed E-state index contributed by atoms with van der Waals surface area (Å²) in [7, 11) is -1.24. The first-order valence-electron chi connectivity index (χ1n) is 43.6. The van der Waals surface area contributed by atoms with E-state index in [1.165, 1.54) is 87.1 Å². The fourth-order valence-electron chi connectivity index (χ4n) is 16.3. The monoisotopic (exact) mass is 2210 g/mol. The van der Waals surface area contributed by atoms with Crippen molar-refractivity contribution in [3.05, 3.63) is 256 Å². The number of thiophene rings is 9. The van der Waals surface area contributed by atoms with Gasteiger partial charge in [0.05, 0.1) is 19.2 Å². The van der Waals surface area contributed by atoms with Gasteiger partial charge in [0.2, 0.25) is 0 Å². The molecule has 0 N–H and O–H groups in total. The largest absolute Gasteiger partial charge is 0.468 e. The number of aryl methyl sites for hydroxylation is 11. The SMILES string of the molecule is Cc1cc2oc(C(F)(F)F)nc2c2ccsc12.Cc1nc2c(cc(C)c3sc(C)cc32)o1.Cc1nc2c(cc(C)c3sccc32)o1.Cc1nc2c(ccc3sc(C(F)(F)F)cc32)o1.Cc1nc2c(ccc3sc(C)cc32)o1.Cc1nc2c(ccc3sc([Si](C)(C)C)cc32)o1.Cc1nc2c(ccc3sccc32)o1.FC(F)(F)c1cc2ocnc2c2ccsc12.FC(F)(F)c1nc2c(cc(C(F)(F)F)c3sc(C(F)(F)F)cc32)o1. The molecule has 0 saturated carbocycles. The summed E-state index contributed by atoms with van der Waals surface area (Å²) in [6.07, 6.45) is -27.2. The number of fused-ring (bicyclic) bond motifs is 27. The number of hydrogen-bond donors (Lipinski definition) is 0. The van der Waals surface area contributed by atoms with Gasteiger partial charge in [0, 0.05) is 142 Å². The highest BCUT2D eigenvalue weighted by Gasteiger charge is 2.44. The maximum absolute atomic E-state index is 13.0. The Bertz CT molecular complexity index is 9500. The summed E-state index contributed by atoms with van der Waals surface area (Å²) >= 11 is 12.1. The van der Waals surface area contributed by atoms with Crippen LogP contribution in [0.2, 0.25) is 19.6 Å². The Hall–Kier alpha value is -13.2. The second kappa shape index (κ2) is 38.5. The molecule has 0 aliphatic carbocycles. The third kappa shape index (κ3) is 20.8. The normalized spacial score (nSPS) is 12.5. The van der Waals surface area contributed by atoms with Crippen molar-refractivity contribution in [1.82, 2.24) is 44.9 Å². The van der Waals surface area contributed by atoms with Crippen molar-refractivity contribution in [2.24, 2.45) is 0 Å². The molecule has 9 aromatic carbocycles. The summed E-state index contributed by atoms with van der Waals surface area (Å²) in [6, 6.07) is 38.3. The van der Waals surface area contributed by atoms with E-state index in [2.05, 4.69) is 168 Å². The van der Waals surface area contributed by atoms with E-state index in [0.717, 1.165) is 136 Å². The lowest BCUT2D eigenvalue weighted by Crippen LogP contribution is -2.34. The first kappa shape index (κ1) is 102. The Morgan fingerprint density at radius 1 is 0.245 bits per heavy atom. The van der Waals surface area contributed by atoms with Gasteiger partial charge in [-0.1, -0.05) is 19.6 Å². The average molecular weight is 2210 g/mol. The van der Waals surface area contributed by atoms with Crippen LogP contribution in [0.3, 0.4) is 0 Å². The van der Waals surface area contributed by atoms with Crippen LogP contribution in [0, 0.1) is 76.2 Å². The summed E-state index contributed by atoms with van der Waals surface area (Å²) in [5, 5.41) is 14.7. The fourth-order valence-corrected chi connectivity index (χ4v) is 26.7. The summed E-state index contributed by atoms with van der Waals surface area (Å²) in [5.41, 5.74) is 11.2. The summed E-state index contributed by atoms with van der Waals surface area (Å²) < 4.78 is 284. The molecule has 0 atom stereocenters. The molecule has 0 saturated heterocycles. The minimum Gasteiger partial charge on any atom is -0.443 e. The zero-order valence-electron chi connectivity index (χ0n) is 78.3. The number of alkyl halides is 18. The molecule has 46 heteroatoms. The van der Waals surface area contributed by atoms with Crippen molar-refractivity contribution in [3.8, 4) is 0 Å². The third-order valence-corrected chi connectivity index (χ3v) is 35.7. The van der Waals surface area contributed by atoms with Gasteiger partial charge in [0.25, 0.3) is 0 Å². The number of halogens is 18. The molecule has 18 aromatic heterocycles. The first-order chi connectivity index (χ1) is 69.2. The van der Waals surface area contributed by atoms with Gasteiger partial charge >= 0.3 is 48.8 Å². The van der Waals surface area contributed by atoms with Gasteiger partial charge in [-0.2, -0.15) is 79.0 Å². The number of benzene rings is 9. The molecule has 147 heavy (non-hydrogen) atoms. The van der Waals surface area contributed by atoms with Crippen LogP contribution < -0.4 is 4.50 Å². The molecule has 27 rings (SSSR count). The zero-order valence-corrected chi connectivity index (χ0v) is 86.6. The van der Waals surface area contributed by atoms with Gasteiger partial charge in [-0.15, -0.1) is 102 Å². The van der Waals surface area contributed by atoms with Crippen molar-refractivity contribution in [1.29, 1.82) is 0 Å². The topological polar surface area (TPSA) is 234 Å². The van der Waals surface area contributed by atoms with E-state index < -0.39 is 99.0 Å². The number of rotatable bonds is 1. The Balaban J connectivity index is 0.000000105. The molecule has 27 aromatic rings. The molecule has 0 aliphatic rings. The highest BCUT2D eigenvalue weighted by Crippen LogP contribution is 2.50. The Kier molecular flexibility index (Phi) is 26.8. The molecule has 0 amide bonds. The lowest BCUT2D eigenvalue weighted by Gasteiger charge is -2.11. The van der Waals surface area contributed by atoms with E-state index in [0.29, 0.717) is 49.4 Å². The van der Waals surface area contributed by atoms with E-state index >= 15 is 0 Å². The fraction of sp³-hybridized carbons (Fsp3) is 0.198. The number of hydrogen-bond acceptors (Lipinski definition) is 27. The first-order valence-corrected chi connectivity index (χ1v) is 54.7. The quantitative estimate of drug-likeness (QED) is 0.110. The molecule has 0 aliphatic heterocycles. The van der Waals surface area contributed by atoms with Crippen molar-refractivity contribution in [2.75, 3.05) is 0 Å². The van der Waals surface area contributed by atoms with Crippen LogP contribution in [0.15, 0.2) is 201 Å². The van der Waals surface area contributed by atoms with Crippen LogP contribution in [-0.4, -0.2) is 52.9 Å². The van der Waals surface area contributed by atoms with Crippen LogP contribution in [0.4, 0.5) is 79.0 Å². The predicted molar refractivity (Wildman–Crippen MR) is 550 cm³/mol. The lowest BCUT2D eigenvalue weighted by atomic mass is 10.1. The second-order valence-corrected chi connectivity index (χ2v) is 49.3. The maximum Gasteiger partial charge on any atom is 0.468 e. The van der Waals surface area contributed by atoms with Crippen molar-refractivity contribution in [2.45, 2.75) is 133 Å². The minimum atomic E-state index is -5.09. The Morgan fingerprint density at radius 3 is 1.05 bits per heavy atom. The van der Waals surface area contributed by atoms with Crippen LogP contribution in [0.25, 0.3) is 191 Å². The van der Waals surface area contributed by atoms with Gasteiger partial charge in [-0.05, 0) is 211 Å². The third-order valence-electron chi connectivity index (χ3n) is 22.5. The molecule has 0 fully saturated rings. The number of nitrogens with zero attached hydrogens (tertiary/aromatic N) is 9. The second-order valence-electron chi connectivity index (χ2n) is 34.4. The van der Waals surface area contributed by atoms with E-state index in [-0.39, 0.29) is 38.8 Å². The van der Waals surface area contributed by atoms with Crippen LogP contribution in [0.5, 0.6) is 0 Å². The molecule has 0 radical (unpaired) electrons. The lowest BCUT2D eigenvalue weighted by molar-refractivity contribution is -0.156. The summed E-state index contributed by atoms with van der Waals surface area (Å²) in [6.45, 7) is 28.5. The molecule has 18 heterocycles. The standard InChI is InChI=1S/C13H15NOSSi.C12H2F9NOS.C12H11NOS.2C11H6F3NOS.2C11H9NOS.C10H4F3NOS.C10H7NOS/c1-8-14-13-9-7-12(17(2,3)4)16-11(9)6-5-10(13)15-8;13-10(14,15)4-2-5-7(22-9(23-5)12(19,20)21)3-1-6(11(16,17)18)24-8(3)4;1-6-4-10-11(13-8(3)14-10)9-5-7(2)15-12(6)9;1-5-15-10-6-4-9(11(12,13)14)17-8(6)3-2-7(10)16-5;1-5-4-7-8(6-2-3-17-9(5)6)15-10(16-7)11(12,13)14;1-6-5-8-10(14-6)4-3-9-11(8)12-7(2)13-9;1-6-5-9-10(12-7(2)13-9)8-3-4-14-11(6)8;11-10(12,13)6-3-7-8(14-4-15-7)5-1-2-16-9(5)6;1-6-11-10-7-4-5-13-9(7)3-2-8(10)12-6/h5-7H,1-4H3;1-2H;4-5H,1-3H3;2*2-4H,1H3;2*3-5H,1-2H3;1-4H;2-5H,1H3. The van der Waals surface area contributed by atoms with Crippen LogP contribution >= 0.6 is 102 Å². The number of oxazole rings is 9. The van der Waals surface area contributed by atoms with Crippen LogP contribution in [0.1, 0.15) is 94.5 Å². The van der Waals surface area contributed by atoms with E-state index in [1.807, 2.05) is 87.8 Å². The molecule has 0 bridgehead atoms. The zero-order chi connectivity index (χ0) is 105. The van der Waals surface area contributed by atoms with Crippen molar-refractivity contribution < 1.29 is 119 Å². The molecule has 756 valence electrons. The van der Waals surface area contributed by atoms with Gasteiger partial charge < -0.3 is 39.8 Å². The summed E-state index contributed by atoms with van der Waals surface area (Å²) in [4.78, 5) is 37.3. The molecular formula is C101H69F18N9O9S9Si.